The summed E-state index contributed by atoms with van der Waals surface area (Å²) in [5, 5.41) is 11.5. The van der Waals surface area contributed by atoms with Crippen molar-refractivity contribution in [3.8, 4) is 17.2 Å². The Kier molecular flexibility index (Phi) is 8.07. The van der Waals surface area contributed by atoms with E-state index in [1.807, 2.05) is 51.9 Å². The Morgan fingerprint density at radius 1 is 1.08 bits per heavy atom. The SMILES string of the molecule is CCOc1ccc([C@@H]2C(=C(O)c3ccc4c(c3)C[C@@H](C)O4)C(=O)C(=O)N2CCCN(C)C)cc1OCC. The molecule has 2 atom stereocenters. The topological polar surface area (TPSA) is 88.5 Å². The minimum Gasteiger partial charge on any atom is -0.507 e. The minimum absolute atomic E-state index is 0.0514. The van der Waals surface area contributed by atoms with E-state index in [9.17, 15) is 14.7 Å². The molecule has 2 aromatic carbocycles. The summed E-state index contributed by atoms with van der Waals surface area (Å²) in [5.74, 6) is 0.402. The molecule has 1 saturated heterocycles. The Morgan fingerprint density at radius 3 is 2.51 bits per heavy atom. The van der Waals surface area contributed by atoms with Crippen LogP contribution in [0.5, 0.6) is 17.2 Å². The molecule has 0 bridgehead atoms. The second-order valence-corrected chi connectivity index (χ2v) is 9.68. The number of aliphatic hydroxyl groups excluding tert-OH is 1. The molecule has 0 unspecified atom stereocenters. The first-order valence-electron chi connectivity index (χ1n) is 12.9. The van der Waals surface area contributed by atoms with Crippen molar-refractivity contribution in [2.24, 2.45) is 0 Å². The molecular weight excluding hydrogens is 472 g/mol. The minimum atomic E-state index is -0.750. The number of Topliss-reactive ketones (excluding diaryl/α,β-unsaturated/α-hetero) is 1. The van der Waals surface area contributed by atoms with E-state index in [1.54, 1.807) is 29.2 Å². The van der Waals surface area contributed by atoms with Crippen LogP contribution in [0.2, 0.25) is 0 Å². The van der Waals surface area contributed by atoms with Crippen LogP contribution >= 0.6 is 0 Å². The maximum Gasteiger partial charge on any atom is 0.295 e. The van der Waals surface area contributed by atoms with Crippen LogP contribution in [-0.4, -0.2) is 73.1 Å². The molecule has 1 amide bonds. The third-order valence-corrected chi connectivity index (χ3v) is 6.60. The van der Waals surface area contributed by atoms with Gasteiger partial charge in [0.15, 0.2) is 11.5 Å². The summed E-state index contributed by atoms with van der Waals surface area (Å²) in [6.45, 7) is 7.80. The molecular formula is C29H36N2O6. The fraction of sp³-hybridized carbons (Fsp3) is 0.448. The largest absolute Gasteiger partial charge is 0.507 e. The Hall–Kier alpha value is -3.52. The number of hydrogen-bond acceptors (Lipinski definition) is 7. The first-order chi connectivity index (χ1) is 17.7. The van der Waals surface area contributed by atoms with E-state index in [2.05, 4.69) is 0 Å². The zero-order valence-electron chi connectivity index (χ0n) is 22.2. The van der Waals surface area contributed by atoms with Crippen LogP contribution in [0, 0.1) is 0 Å². The smallest absolute Gasteiger partial charge is 0.295 e. The quantitative estimate of drug-likeness (QED) is 0.293. The van der Waals surface area contributed by atoms with Crippen molar-refractivity contribution >= 4 is 17.4 Å². The molecule has 1 N–H and O–H groups in total. The summed E-state index contributed by atoms with van der Waals surface area (Å²) in [7, 11) is 3.93. The number of fused-ring (bicyclic) bond motifs is 1. The van der Waals surface area contributed by atoms with Gasteiger partial charge in [-0.15, -0.1) is 0 Å². The summed E-state index contributed by atoms with van der Waals surface area (Å²) in [6.07, 6.45) is 1.45. The van der Waals surface area contributed by atoms with E-state index in [1.165, 1.54) is 0 Å². The second-order valence-electron chi connectivity index (χ2n) is 9.68. The molecule has 37 heavy (non-hydrogen) atoms. The molecule has 8 heteroatoms. The first kappa shape index (κ1) is 26.5. The van der Waals surface area contributed by atoms with Gasteiger partial charge in [0, 0.05) is 18.5 Å². The summed E-state index contributed by atoms with van der Waals surface area (Å²) < 4.78 is 17.3. The number of aliphatic hydroxyl groups is 1. The third-order valence-electron chi connectivity index (χ3n) is 6.60. The highest BCUT2D eigenvalue weighted by atomic mass is 16.5. The standard InChI is InChI=1S/C29H36N2O6/c1-6-35-23-12-9-19(17-24(23)36-7-2)26-25(28(33)29(34)31(26)14-8-13-30(4)5)27(32)20-10-11-22-21(16-20)15-18(3)37-22/h9-12,16-18,26,32H,6-8,13-15H2,1-5H3/t18-,26-/m1/s1. The number of amides is 1. The maximum atomic E-state index is 13.4. The molecule has 0 saturated carbocycles. The van der Waals surface area contributed by atoms with Crippen molar-refractivity contribution in [1.82, 2.24) is 9.80 Å². The van der Waals surface area contributed by atoms with Crippen LogP contribution in [0.1, 0.15) is 49.9 Å². The number of rotatable bonds is 10. The number of benzene rings is 2. The first-order valence-corrected chi connectivity index (χ1v) is 12.9. The monoisotopic (exact) mass is 508 g/mol. The molecule has 0 aliphatic carbocycles. The predicted molar refractivity (Wildman–Crippen MR) is 141 cm³/mol. The lowest BCUT2D eigenvalue weighted by Gasteiger charge is -2.26. The Balaban J connectivity index is 1.81. The van der Waals surface area contributed by atoms with Crippen molar-refractivity contribution in [2.45, 2.75) is 45.8 Å². The highest BCUT2D eigenvalue weighted by Gasteiger charge is 2.46. The van der Waals surface area contributed by atoms with Gasteiger partial charge in [0.1, 0.15) is 17.6 Å². The van der Waals surface area contributed by atoms with E-state index >= 15 is 0 Å². The van der Waals surface area contributed by atoms with Gasteiger partial charge < -0.3 is 29.1 Å². The molecule has 0 aromatic heterocycles. The molecule has 198 valence electrons. The fourth-order valence-corrected chi connectivity index (χ4v) is 4.98. The number of carbonyl (C=O) groups excluding carboxylic acids is 2. The molecule has 2 aromatic rings. The Labute approximate surface area is 218 Å². The lowest BCUT2D eigenvalue weighted by molar-refractivity contribution is -0.139. The summed E-state index contributed by atoms with van der Waals surface area (Å²) >= 11 is 0. The maximum absolute atomic E-state index is 13.4. The molecule has 8 nitrogen and oxygen atoms in total. The van der Waals surface area contributed by atoms with E-state index in [-0.39, 0.29) is 17.4 Å². The zero-order valence-corrected chi connectivity index (χ0v) is 22.2. The van der Waals surface area contributed by atoms with Crippen LogP contribution in [0.4, 0.5) is 0 Å². The lowest BCUT2D eigenvalue weighted by Crippen LogP contribution is -2.32. The average molecular weight is 509 g/mol. The molecule has 2 aliphatic heterocycles. The fourth-order valence-electron chi connectivity index (χ4n) is 4.98. The van der Waals surface area contributed by atoms with Crippen molar-refractivity contribution < 1.29 is 28.9 Å². The van der Waals surface area contributed by atoms with Crippen molar-refractivity contribution in [3.05, 3.63) is 58.7 Å². The van der Waals surface area contributed by atoms with Crippen LogP contribution in [0.15, 0.2) is 42.0 Å². The summed E-state index contributed by atoms with van der Waals surface area (Å²) in [6, 6.07) is 10.0. The van der Waals surface area contributed by atoms with Gasteiger partial charge in [-0.25, -0.2) is 0 Å². The van der Waals surface area contributed by atoms with Gasteiger partial charge in [-0.1, -0.05) is 6.07 Å². The van der Waals surface area contributed by atoms with Gasteiger partial charge >= 0.3 is 0 Å². The molecule has 2 heterocycles. The Morgan fingerprint density at radius 2 is 1.81 bits per heavy atom. The number of ketones is 1. The number of ether oxygens (including phenoxy) is 3. The second kappa shape index (κ2) is 11.3. The molecule has 2 aliphatic rings. The number of carbonyl (C=O) groups is 2. The van der Waals surface area contributed by atoms with Gasteiger partial charge in [0.2, 0.25) is 0 Å². The van der Waals surface area contributed by atoms with Gasteiger partial charge in [-0.2, -0.15) is 0 Å². The van der Waals surface area contributed by atoms with Gasteiger partial charge in [0.25, 0.3) is 11.7 Å². The van der Waals surface area contributed by atoms with E-state index in [0.717, 1.165) is 24.3 Å². The summed E-state index contributed by atoms with van der Waals surface area (Å²) in [4.78, 5) is 30.2. The molecule has 4 rings (SSSR count). The van der Waals surface area contributed by atoms with Crippen molar-refractivity contribution in [2.75, 3.05) is 40.4 Å². The Bertz CT molecular complexity index is 1200. The van der Waals surface area contributed by atoms with Gasteiger partial charge in [0.05, 0.1) is 24.8 Å². The van der Waals surface area contributed by atoms with E-state index in [4.69, 9.17) is 14.2 Å². The van der Waals surface area contributed by atoms with Gasteiger partial charge in [-0.3, -0.25) is 9.59 Å². The number of hydrogen-bond donors (Lipinski definition) is 1. The van der Waals surface area contributed by atoms with Crippen LogP contribution in [-0.2, 0) is 16.0 Å². The van der Waals surface area contributed by atoms with Crippen LogP contribution < -0.4 is 14.2 Å². The van der Waals surface area contributed by atoms with Crippen LogP contribution in [0.25, 0.3) is 5.76 Å². The normalized spacial score (nSPS) is 20.3. The van der Waals surface area contributed by atoms with Crippen molar-refractivity contribution in [3.63, 3.8) is 0 Å². The van der Waals surface area contributed by atoms with E-state index in [0.29, 0.717) is 48.8 Å². The van der Waals surface area contributed by atoms with Gasteiger partial charge in [-0.05, 0) is 89.3 Å². The predicted octanol–water partition coefficient (Wildman–Crippen LogP) is 4.18. The number of nitrogens with zero attached hydrogens (tertiary/aromatic N) is 2. The lowest BCUT2D eigenvalue weighted by atomic mass is 9.94. The zero-order chi connectivity index (χ0) is 26.7. The van der Waals surface area contributed by atoms with Crippen molar-refractivity contribution in [1.29, 1.82) is 0 Å². The highest BCUT2D eigenvalue weighted by Crippen LogP contribution is 2.43. The average Bonchev–Trinajstić information content (AvgIpc) is 3.35. The third kappa shape index (κ3) is 5.44. The number of likely N-dealkylation sites (tertiary alicyclic amines) is 1. The highest BCUT2D eigenvalue weighted by molar-refractivity contribution is 6.46. The summed E-state index contributed by atoms with van der Waals surface area (Å²) in [5.41, 5.74) is 2.21. The van der Waals surface area contributed by atoms with E-state index < -0.39 is 17.7 Å². The molecule has 0 spiro atoms. The van der Waals surface area contributed by atoms with Crippen LogP contribution in [0.3, 0.4) is 0 Å². The molecule has 1 fully saturated rings. The molecule has 0 radical (unpaired) electrons.